The standard InChI is InChI=1S/C13H10Cl2N2O2/c14-9-6-10(15)8-11(7-9)16-13(18)17(19)12-4-2-1-3-5-12/h1-8,19H,(H,16,18). The molecule has 2 N–H and O–H groups in total. The SMILES string of the molecule is O=C(Nc1cc(Cl)cc(Cl)c1)N(O)c1ccccc1. The smallest absolute Gasteiger partial charge is 0.306 e. The van der Waals surface area contributed by atoms with Gasteiger partial charge in [0.15, 0.2) is 0 Å². The van der Waals surface area contributed by atoms with E-state index in [1.807, 2.05) is 0 Å². The van der Waals surface area contributed by atoms with E-state index in [4.69, 9.17) is 23.2 Å². The van der Waals surface area contributed by atoms with E-state index in [2.05, 4.69) is 5.32 Å². The Morgan fingerprint density at radius 1 is 1.05 bits per heavy atom. The fourth-order valence-electron chi connectivity index (χ4n) is 1.49. The molecule has 2 rings (SSSR count). The minimum Gasteiger partial charge on any atom is -0.306 e. The molecule has 0 heterocycles. The fraction of sp³-hybridized carbons (Fsp3) is 0. The predicted octanol–water partition coefficient (Wildman–Crippen LogP) is 4.42. The van der Waals surface area contributed by atoms with Crippen LogP contribution < -0.4 is 10.4 Å². The summed E-state index contributed by atoms with van der Waals surface area (Å²) in [4.78, 5) is 11.8. The molecule has 0 aliphatic rings. The number of hydroxylamine groups is 1. The van der Waals surface area contributed by atoms with Gasteiger partial charge in [0, 0.05) is 15.7 Å². The number of rotatable bonds is 2. The molecule has 0 radical (unpaired) electrons. The number of carbonyl (C=O) groups is 1. The maximum absolute atomic E-state index is 11.8. The van der Waals surface area contributed by atoms with Crippen molar-refractivity contribution in [3.8, 4) is 0 Å². The molecule has 6 heteroatoms. The summed E-state index contributed by atoms with van der Waals surface area (Å²) in [7, 11) is 0. The molecule has 0 aliphatic carbocycles. The number of nitrogens with zero attached hydrogens (tertiary/aromatic N) is 1. The molecule has 0 aromatic heterocycles. The van der Waals surface area contributed by atoms with E-state index in [-0.39, 0.29) is 0 Å². The Morgan fingerprint density at radius 3 is 2.21 bits per heavy atom. The highest BCUT2D eigenvalue weighted by Crippen LogP contribution is 2.23. The Balaban J connectivity index is 2.13. The van der Waals surface area contributed by atoms with Crippen molar-refractivity contribution in [3.05, 3.63) is 58.6 Å². The molecular weight excluding hydrogens is 287 g/mol. The number of nitrogens with one attached hydrogen (secondary N) is 1. The molecule has 0 bridgehead atoms. The van der Waals surface area contributed by atoms with Crippen molar-refractivity contribution in [2.45, 2.75) is 0 Å². The van der Waals surface area contributed by atoms with Crippen LogP contribution in [0, 0.1) is 0 Å². The normalized spacial score (nSPS) is 10.1. The number of hydrogen-bond donors (Lipinski definition) is 2. The van der Waals surface area contributed by atoms with E-state index in [0.29, 0.717) is 26.5 Å². The Hall–Kier alpha value is -1.75. The Labute approximate surface area is 120 Å². The molecule has 4 nitrogen and oxygen atoms in total. The number of para-hydroxylation sites is 1. The van der Waals surface area contributed by atoms with Gasteiger partial charge in [0.25, 0.3) is 0 Å². The summed E-state index contributed by atoms with van der Waals surface area (Å²) in [6.45, 7) is 0. The van der Waals surface area contributed by atoms with Gasteiger partial charge in [-0.25, -0.2) is 4.79 Å². The van der Waals surface area contributed by atoms with Crippen LogP contribution in [0.15, 0.2) is 48.5 Å². The van der Waals surface area contributed by atoms with Gasteiger partial charge >= 0.3 is 6.03 Å². The monoisotopic (exact) mass is 296 g/mol. The number of benzene rings is 2. The van der Waals surface area contributed by atoms with Crippen LogP contribution in [0.25, 0.3) is 0 Å². The third-order valence-corrected chi connectivity index (χ3v) is 2.74. The molecule has 2 amide bonds. The number of amides is 2. The lowest BCUT2D eigenvalue weighted by molar-refractivity contribution is 0.216. The van der Waals surface area contributed by atoms with Crippen molar-refractivity contribution in [1.29, 1.82) is 0 Å². The molecule has 0 aliphatic heterocycles. The second kappa shape index (κ2) is 5.93. The van der Waals surface area contributed by atoms with Crippen LogP contribution in [0.3, 0.4) is 0 Å². The first kappa shape index (κ1) is 13.7. The molecule has 0 spiro atoms. The summed E-state index contributed by atoms with van der Waals surface area (Å²) in [6.07, 6.45) is 0. The Morgan fingerprint density at radius 2 is 1.63 bits per heavy atom. The van der Waals surface area contributed by atoms with Crippen LogP contribution in [0.5, 0.6) is 0 Å². The number of anilines is 2. The first-order valence-corrected chi connectivity index (χ1v) is 6.13. The topological polar surface area (TPSA) is 52.6 Å². The minimum atomic E-state index is -0.704. The van der Waals surface area contributed by atoms with Gasteiger partial charge in [0.2, 0.25) is 0 Å². The summed E-state index contributed by atoms with van der Waals surface area (Å²) in [5.74, 6) is 0. The van der Waals surface area contributed by atoms with Crippen LogP contribution in [-0.4, -0.2) is 11.2 Å². The van der Waals surface area contributed by atoms with Crippen molar-refractivity contribution in [1.82, 2.24) is 0 Å². The summed E-state index contributed by atoms with van der Waals surface area (Å²) < 4.78 is 0. The fourth-order valence-corrected chi connectivity index (χ4v) is 2.01. The molecule has 0 fully saturated rings. The summed E-state index contributed by atoms with van der Waals surface area (Å²) in [5, 5.41) is 13.5. The Bertz CT molecular complexity index is 570. The third-order valence-electron chi connectivity index (χ3n) is 2.31. The van der Waals surface area contributed by atoms with E-state index in [9.17, 15) is 10.0 Å². The summed E-state index contributed by atoms with van der Waals surface area (Å²) in [5.41, 5.74) is 0.755. The van der Waals surface area contributed by atoms with Gasteiger partial charge in [0.1, 0.15) is 0 Å². The first-order valence-electron chi connectivity index (χ1n) is 5.37. The molecule has 19 heavy (non-hydrogen) atoms. The van der Waals surface area contributed by atoms with Gasteiger partial charge in [-0.1, -0.05) is 41.4 Å². The Kier molecular flexibility index (Phi) is 4.27. The van der Waals surface area contributed by atoms with Crippen LogP contribution >= 0.6 is 23.2 Å². The number of halogens is 2. The van der Waals surface area contributed by atoms with Crippen LogP contribution in [-0.2, 0) is 0 Å². The van der Waals surface area contributed by atoms with Gasteiger partial charge in [-0.05, 0) is 30.3 Å². The van der Waals surface area contributed by atoms with Gasteiger partial charge in [-0.15, -0.1) is 0 Å². The largest absolute Gasteiger partial charge is 0.350 e. The van der Waals surface area contributed by atoms with Gasteiger partial charge in [-0.2, -0.15) is 5.06 Å². The average Bonchev–Trinajstić information content (AvgIpc) is 2.37. The van der Waals surface area contributed by atoms with Crippen molar-refractivity contribution in [2.24, 2.45) is 0 Å². The molecule has 98 valence electrons. The predicted molar refractivity (Wildman–Crippen MR) is 76.2 cm³/mol. The van der Waals surface area contributed by atoms with Crippen molar-refractivity contribution < 1.29 is 10.0 Å². The van der Waals surface area contributed by atoms with Crippen LogP contribution in [0.4, 0.5) is 16.2 Å². The molecule has 0 saturated heterocycles. The maximum atomic E-state index is 11.8. The highest BCUT2D eigenvalue weighted by Gasteiger charge is 2.13. The number of carbonyl (C=O) groups excluding carboxylic acids is 1. The molecule has 0 unspecified atom stereocenters. The maximum Gasteiger partial charge on any atom is 0.350 e. The van der Waals surface area contributed by atoms with E-state index in [0.717, 1.165) is 0 Å². The quantitative estimate of drug-likeness (QED) is 0.636. The van der Waals surface area contributed by atoms with Gasteiger partial charge < -0.3 is 5.32 Å². The van der Waals surface area contributed by atoms with E-state index in [1.165, 1.54) is 12.1 Å². The molecule has 2 aromatic rings. The molecule has 2 aromatic carbocycles. The minimum absolute atomic E-state index is 0.355. The summed E-state index contributed by atoms with van der Waals surface area (Å²) in [6, 6.07) is 12.3. The summed E-state index contributed by atoms with van der Waals surface area (Å²) >= 11 is 11.6. The van der Waals surface area contributed by atoms with E-state index in [1.54, 1.807) is 36.4 Å². The van der Waals surface area contributed by atoms with Crippen molar-refractivity contribution in [3.63, 3.8) is 0 Å². The lowest BCUT2D eigenvalue weighted by atomic mass is 10.3. The highest BCUT2D eigenvalue weighted by atomic mass is 35.5. The molecular formula is C13H10Cl2N2O2. The molecule has 0 atom stereocenters. The van der Waals surface area contributed by atoms with Gasteiger partial charge in [0.05, 0.1) is 5.69 Å². The number of hydrogen-bond acceptors (Lipinski definition) is 2. The zero-order valence-corrected chi connectivity index (χ0v) is 11.2. The second-order valence-electron chi connectivity index (χ2n) is 3.74. The first-order chi connectivity index (χ1) is 9.06. The second-order valence-corrected chi connectivity index (χ2v) is 4.61. The average molecular weight is 297 g/mol. The number of urea groups is 1. The van der Waals surface area contributed by atoms with Gasteiger partial charge in [-0.3, -0.25) is 5.21 Å². The highest BCUT2D eigenvalue weighted by molar-refractivity contribution is 6.35. The van der Waals surface area contributed by atoms with E-state index >= 15 is 0 Å². The molecule has 0 saturated carbocycles. The third kappa shape index (κ3) is 3.61. The van der Waals surface area contributed by atoms with E-state index < -0.39 is 6.03 Å². The lowest BCUT2D eigenvalue weighted by Crippen LogP contribution is -2.31. The van der Waals surface area contributed by atoms with Crippen LogP contribution in [0.1, 0.15) is 0 Å². The lowest BCUT2D eigenvalue weighted by Gasteiger charge is -2.15. The zero-order chi connectivity index (χ0) is 13.8. The zero-order valence-electron chi connectivity index (χ0n) is 9.68. The van der Waals surface area contributed by atoms with Crippen LogP contribution in [0.2, 0.25) is 10.0 Å². The van der Waals surface area contributed by atoms with Crippen molar-refractivity contribution in [2.75, 3.05) is 10.4 Å². The van der Waals surface area contributed by atoms with Crippen molar-refractivity contribution >= 4 is 40.6 Å².